The van der Waals surface area contributed by atoms with Crippen molar-refractivity contribution in [3.8, 4) is 0 Å². The Morgan fingerprint density at radius 2 is 1.79 bits per heavy atom. The summed E-state index contributed by atoms with van der Waals surface area (Å²) in [4.78, 5) is 12.5. The number of rotatable bonds is 4. The summed E-state index contributed by atoms with van der Waals surface area (Å²) in [5, 5.41) is 0.194. The van der Waals surface area contributed by atoms with Gasteiger partial charge in [0.1, 0.15) is 5.82 Å². The molecule has 7 heteroatoms. The van der Waals surface area contributed by atoms with E-state index in [2.05, 4.69) is 0 Å². The van der Waals surface area contributed by atoms with Gasteiger partial charge in [-0.1, -0.05) is 35.9 Å². The van der Waals surface area contributed by atoms with Gasteiger partial charge in [-0.3, -0.25) is 4.79 Å². The van der Waals surface area contributed by atoms with Gasteiger partial charge in [0.25, 0.3) is 10.0 Å². The number of carbonyl (C=O) groups is 1. The summed E-state index contributed by atoms with van der Waals surface area (Å²) in [6.07, 6.45) is 0. The molecule has 0 radical (unpaired) electrons. The van der Waals surface area contributed by atoms with E-state index < -0.39 is 27.2 Å². The molecule has 0 spiro atoms. The largest absolute Gasteiger partial charge is 0.273 e. The third kappa shape index (κ3) is 3.60. The van der Waals surface area contributed by atoms with Crippen LogP contribution in [0.25, 0.3) is 0 Å². The van der Waals surface area contributed by atoms with E-state index >= 15 is 0 Å². The Hall–Kier alpha value is -1.92. The van der Waals surface area contributed by atoms with Crippen LogP contribution >= 0.6 is 11.6 Å². The molecule has 0 aromatic heterocycles. The standard InChI is InChI=1S/C17H17ClFNO3S/c1-11-6-4-5-7-15(11)24(22,23)20-16(21)17(2,3)13-9-8-12(18)10-14(13)19/h4-10H,1-3H3,(H,20,21). The van der Waals surface area contributed by atoms with Crippen LogP contribution in [0.1, 0.15) is 25.0 Å². The van der Waals surface area contributed by atoms with Crippen LogP contribution in [0.2, 0.25) is 5.02 Å². The number of halogens is 2. The van der Waals surface area contributed by atoms with E-state index in [0.717, 1.165) is 6.07 Å². The van der Waals surface area contributed by atoms with Crippen LogP contribution < -0.4 is 4.72 Å². The first kappa shape index (κ1) is 18.4. The number of benzene rings is 2. The van der Waals surface area contributed by atoms with Crippen LogP contribution in [0.3, 0.4) is 0 Å². The third-order valence-electron chi connectivity index (χ3n) is 3.78. The lowest BCUT2D eigenvalue weighted by molar-refractivity contribution is -0.123. The summed E-state index contributed by atoms with van der Waals surface area (Å²) in [5.74, 6) is -1.50. The van der Waals surface area contributed by atoms with Crippen LogP contribution in [0.5, 0.6) is 0 Å². The van der Waals surface area contributed by atoms with Gasteiger partial charge in [-0.05, 0) is 44.5 Å². The third-order valence-corrected chi connectivity index (χ3v) is 5.51. The highest BCUT2D eigenvalue weighted by Gasteiger charge is 2.35. The average Bonchev–Trinajstić information content (AvgIpc) is 2.46. The summed E-state index contributed by atoms with van der Waals surface area (Å²) in [7, 11) is -4.05. The van der Waals surface area contributed by atoms with Gasteiger partial charge in [0.15, 0.2) is 0 Å². The van der Waals surface area contributed by atoms with Gasteiger partial charge in [0, 0.05) is 10.6 Å². The summed E-state index contributed by atoms with van der Waals surface area (Å²) >= 11 is 5.71. The first-order valence-electron chi connectivity index (χ1n) is 7.14. The molecule has 24 heavy (non-hydrogen) atoms. The van der Waals surface area contributed by atoms with Gasteiger partial charge in [0.2, 0.25) is 5.91 Å². The van der Waals surface area contributed by atoms with Crippen molar-refractivity contribution in [3.63, 3.8) is 0 Å². The number of amides is 1. The fourth-order valence-corrected chi connectivity index (χ4v) is 3.80. The van der Waals surface area contributed by atoms with Crippen molar-refractivity contribution < 1.29 is 17.6 Å². The molecule has 0 unspecified atom stereocenters. The Bertz CT molecular complexity index is 894. The molecule has 2 rings (SSSR count). The van der Waals surface area contributed by atoms with E-state index in [1.54, 1.807) is 25.1 Å². The number of sulfonamides is 1. The molecule has 0 heterocycles. The molecule has 0 aliphatic rings. The fraction of sp³-hybridized carbons (Fsp3) is 0.235. The van der Waals surface area contributed by atoms with Crippen LogP contribution in [0, 0.1) is 12.7 Å². The summed E-state index contributed by atoms with van der Waals surface area (Å²) in [6, 6.07) is 10.2. The first-order chi connectivity index (χ1) is 11.1. The normalized spacial score (nSPS) is 12.0. The monoisotopic (exact) mass is 369 g/mol. The highest BCUT2D eigenvalue weighted by Crippen LogP contribution is 2.28. The minimum absolute atomic E-state index is 0.00530. The first-order valence-corrected chi connectivity index (χ1v) is 9.00. The average molecular weight is 370 g/mol. The van der Waals surface area contributed by atoms with Gasteiger partial charge < -0.3 is 0 Å². The maximum absolute atomic E-state index is 14.1. The molecule has 128 valence electrons. The minimum Gasteiger partial charge on any atom is -0.273 e. The van der Waals surface area contributed by atoms with Crippen molar-refractivity contribution in [2.45, 2.75) is 31.1 Å². The lowest BCUT2D eigenvalue weighted by Gasteiger charge is -2.24. The minimum atomic E-state index is -4.05. The van der Waals surface area contributed by atoms with Crippen LogP contribution in [0.4, 0.5) is 4.39 Å². The number of carbonyl (C=O) groups excluding carboxylic acids is 1. The van der Waals surface area contributed by atoms with Gasteiger partial charge in [-0.15, -0.1) is 0 Å². The maximum atomic E-state index is 14.1. The van der Waals surface area contributed by atoms with Crippen LogP contribution in [-0.2, 0) is 20.2 Å². The fourth-order valence-electron chi connectivity index (χ4n) is 2.28. The lowest BCUT2D eigenvalue weighted by atomic mass is 9.83. The zero-order valence-electron chi connectivity index (χ0n) is 13.4. The number of hydrogen-bond donors (Lipinski definition) is 1. The van der Waals surface area contributed by atoms with E-state index in [-0.39, 0.29) is 15.5 Å². The molecular weight excluding hydrogens is 353 g/mol. The highest BCUT2D eigenvalue weighted by molar-refractivity contribution is 7.90. The SMILES string of the molecule is Cc1ccccc1S(=O)(=O)NC(=O)C(C)(C)c1ccc(Cl)cc1F. The van der Waals surface area contributed by atoms with E-state index in [1.165, 1.54) is 32.0 Å². The molecule has 0 aliphatic heterocycles. The quantitative estimate of drug-likeness (QED) is 0.896. The van der Waals surface area contributed by atoms with Gasteiger partial charge in [-0.25, -0.2) is 17.5 Å². The van der Waals surface area contributed by atoms with E-state index in [4.69, 9.17) is 11.6 Å². The van der Waals surface area contributed by atoms with E-state index in [9.17, 15) is 17.6 Å². The summed E-state index contributed by atoms with van der Waals surface area (Å²) in [6.45, 7) is 4.52. The van der Waals surface area contributed by atoms with Crippen molar-refractivity contribution in [3.05, 3.63) is 64.4 Å². The molecule has 0 saturated carbocycles. The van der Waals surface area contributed by atoms with E-state index in [0.29, 0.717) is 5.56 Å². The number of nitrogens with one attached hydrogen (secondary N) is 1. The second-order valence-electron chi connectivity index (χ2n) is 5.95. The summed E-state index contributed by atoms with van der Waals surface area (Å²) in [5.41, 5.74) is -0.831. The number of hydrogen-bond acceptors (Lipinski definition) is 3. The van der Waals surface area contributed by atoms with Crippen molar-refractivity contribution >= 4 is 27.5 Å². The lowest BCUT2D eigenvalue weighted by Crippen LogP contribution is -2.43. The summed E-state index contributed by atoms with van der Waals surface area (Å²) < 4.78 is 41.0. The second kappa shape index (κ2) is 6.53. The molecule has 0 saturated heterocycles. The molecule has 0 bridgehead atoms. The van der Waals surface area contributed by atoms with Crippen molar-refractivity contribution in [1.29, 1.82) is 0 Å². The molecule has 4 nitrogen and oxygen atoms in total. The van der Waals surface area contributed by atoms with Gasteiger partial charge in [0.05, 0.1) is 10.3 Å². The Morgan fingerprint density at radius 1 is 1.17 bits per heavy atom. The van der Waals surface area contributed by atoms with Crippen molar-refractivity contribution in [2.75, 3.05) is 0 Å². The number of aryl methyl sites for hydroxylation is 1. The van der Waals surface area contributed by atoms with Gasteiger partial charge in [-0.2, -0.15) is 0 Å². The predicted molar refractivity (Wildman–Crippen MR) is 90.9 cm³/mol. The van der Waals surface area contributed by atoms with Crippen LogP contribution in [0.15, 0.2) is 47.4 Å². The Kier molecular flexibility index (Phi) is 5.01. The molecular formula is C17H17ClFNO3S. The second-order valence-corrected chi connectivity index (χ2v) is 8.04. The topological polar surface area (TPSA) is 63.2 Å². The zero-order chi connectivity index (χ0) is 18.1. The molecule has 2 aromatic carbocycles. The predicted octanol–water partition coefficient (Wildman–Crippen LogP) is 3.57. The molecule has 2 aromatic rings. The Labute approximate surface area is 145 Å². The smallest absolute Gasteiger partial charge is 0.264 e. The maximum Gasteiger partial charge on any atom is 0.264 e. The van der Waals surface area contributed by atoms with Crippen molar-refractivity contribution in [1.82, 2.24) is 4.72 Å². The van der Waals surface area contributed by atoms with Crippen molar-refractivity contribution in [2.24, 2.45) is 0 Å². The zero-order valence-corrected chi connectivity index (χ0v) is 15.0. The highest BCUT2D eigenvalue weighted by atomic mass is 35.5. The molecule has 1 N–H and O–H groups in total. The van der Waals surface area contributed by atoms with Gasteiger partial charge >= 0.3 is 0 Å². The molecule has 1 amide bonds. The molecule has 0 fully saturated rings. The Morgan fingerprint density at radius 3 is 2.38 bits per heavy atom. The molecule has 0 aliphatic carbocycles. The molecule has 0 atom stereocenters. The Balaban J connectivity index is 2.36. The van der Waals surface area contributed by atoms with E-state index in [1.807, 2.05) is 4.72 Å². The van der Waals surface area contributed by atoms with Crippen LogP contribution in [-0.4, -0.2) is 14.3 Å².